The minimum atomic E-state index is 0.370. The van der Waals surface area contributed by atoms with Crippen molar-refractivity contribution in [3.05, 3.63) is 29.8 Å². The standard InChI is InChI=1S/C14H22N2O/c1-11(16-13-6-4-8-15-10-13)12-5-3-7-14(9-12)17-2/h3,5,7,9,11,13,15-16H,4,6,8,10H2,1-2H3/t11-,13?/m0/s1. The molecule has 3 heteroatoms. The Morgan fingerprint density at radius 2 is 2.35 bits per heavy atom. The van der Waals surface area contributed by atoms with Crippen molar-refractivity contribution in [2.75, 3.05) is 20.2 Å². The molecule has 1 aliphatic heterocycles. The highest BCUT2D eigenvalue weighted by molar-refractivity contribution is 5.30. The number of rotatable bonds is 4. The number of nitrogens with one attached hydrogen (secondary N) is 2. The Hall–Kier alpha value is -1.06. The first-order valence-corrected chi connectivity index (χ1v) is 6.40. The zero-order valence-corrected chi connectivity index (χ0v) is 10.7. The van der Waals surface area contributed by atoms with Gasteiger partial charge in [-0.25, -0.2) is 0 Å². The molecule has 94 valence electrons. The highest BCUT2D eigenvalue weighted by Gasteiger charge is 2.16. The van der Waals surface area contributed by atoms with Crippen LogP contribution in [0.1, 0.15) is 31.4 Å². The maximum Gasteiger partial charge on any atom is 0.119 e. The normalized spacial score (nSPS) is 22.1. The molecule has 2 atom stereocenters. The van der Waals surface area contributed by atoms with Gasteiger partial charge in [-0.15, -0.1) is 0 Å². The van der Waals surface area contributed by atoms with E-state index in [1.807, 2.05) is 12.1 Å². The molecule has 17 heavy (non-hydrogen) atoms. The number of ether oxygens (including phenoxy) is 1. The van der Waals surface area contributed by atoms with Crippen LogP contribution in [0.25, 0.3) is 0 Å². The maximum absolute atomic E-state index is 5.25. The lowest BCUT2D eigenvalue weighted by molar-refractivity contribution is 0.361. The third-order valence-corrected chi connectivity index (χ3v) is 3.38. The molecule has 1 fully saturated rings. The summed E-state index contributed by atoms with van der Waals surface area (Å²) in [5.41, 5.74) is 1.29. The molecule has 1 heterocycles. The van der Waals surface area contributed by atoms with E-state index < -0.39 is 0 Å². The third kappa shape index (κ3) is 3.45. The lowest BCUT2D eigenvalue weighted by Crippen LogP contribution is -2.43. The van der Waals surface area contributed by atoms with E-state index in [-0.39, 0.29) is 0 Å². The van der Waals surface area contributed by atoms with E-state index in [0.29, 0.717) is 12.1 Å². The van der Waals surface area contributed by atoms with Crippen molar-refractivity contribution < 1.29 is 4.74 Å². The van der Waals surface area contributed by atoms with Gasteiger partial charge in [-0.2, -0.15) is 0 Å². The van der Waals surface area contributed by atoms with E-state index >= 15 is 0 Å². The van der Waals surface area contributed by atoms with Gasteiger partial charge in [0.05, 0.1) is 7.11 Å². The van der Waals surface area contributed by atoms with Crippen molar-refractivity contribution in [2.24, 2.45) is 0 Å². The monoisotopic (exact) mass is 234 g/mol. The Morgan fingerprint density at radius 1 is 1.47 bits per heavy atom. The molecule has 2 N–H and O–H groups in total. The van der Waals surface area contributed by atoms with Crippen molar-refractivity contribution in [1.82, 2.24) is 10.6 Å². The van der Waals surface area contributed by atoms with E-state index in [9.17, 15) is 0 Å². The van der Waals surface area contributed by atoms with Crippen LogP contribution in [0.5, 0.6) is 5.75 Å². The molecule has 0 aromatic heterocycles. The second kappa shape index (κ2) is 6.03. The van der Waals surface area contributed by atoms with Crippen LogP contribution < -0.4 is 15.4 Å². The number of piperidine rings is 1. The molecule has 0 spiro atoms. The summed E-state index contributed by atoms with van der Waals surface area (Å²) in [7, 11) is 1.71. The average molecular weight is 234 g/mol. The summed E-state index contributed by atoms with van der Waals surface area (Å²) in [5.74, 6) is 0.929. The molecule has 1 aromatic carbocycles. The molecule has 3 nitrogen and oxygen atoms in total. The van der Waals surface area contributed by atoms with Gasteiger partial charge < -0.3 is 15.4 Å². The van der Waals surface area contributed by atoms with Gasteiger partial charge >= 0.3 is 0 Å². The topological polar surface area (TPSA) is 33.3 Å². The Balaban J connectivity index is 1.95. The van der Waals surface area contributed by atoms with Crippen LogP contribution in [0.3, 0.4) is 0 Å². The SMILES string of the molecule is COc1cccc([C@H](C)NC2CCCNC2)c1. The largest absolute Gasteiger partial charge is 0.497 e. The lowest BCUT2D eigenvalue weighted by atomic mass is 10.0. The second-order valence-corrected chi connectivity index (χ2v) is 4.71. The van der Waals surface area contributed by atoms with Crippen molar-refractivity contribution >= 4 is 0 Å². The average Bonchev–Trinajstić information content (AvgIpc) is 2.40. The molecule has 0 bridgehead atoms. The summed E-state index contributed by atoms with van der Waals surface area (Å²) in [6.07, 6.45) is 2.53. The predicted octanol–water partition coefficient (Wildman–Crippen LogP) is 2.10. The van der Waals surface area contributed by atoms with E-state index in [2.05, 4.69) is 29.7 Å². The van der Waals surface area contributed by atoms with Crippen LogP contribution in [0.15, 0.2) is 24.3 Å². The van der Waals surface area contributed by atoms with Crippen LogP contribution in [0.2, 0.25) is 0 Å². The smallest absolute Gasteiger partial charge is 0.119 e. The molecule has 1 aliphatic rings. The Labute approximate surface area is 104 Å². The molecule has 1 saturated heterocycles. The Morgan fingerprint density at radius 3 is 3.06 bits per heavy atom. The van der Waals surface area contributed by atoms with Gasteiger partial charge in [-0.3, -0.25) is 0 Å². The van der Waals surface area contributed by atoms with E-state index in [4.69, 9.17) is 4.74 Å². The Kier molecular flexibility index (Phi) is 4.40. The molecule has 0 radical (unpaired) electrons. The van der Waals surface area contributed by atoms with E-state index in [1.165, 1.54) is 18.4 Å². The number of methoxy groups -OCH3 is 1. The molecule has 1 aromatic rings. The maximum atomic E-state index is 5.25. The summed E-state index contributed by atoms with van der Waals surface area (Å²) in [5, 5.41) is 7.10. The summed E-state index contributed by atoms with van der Waals surface area (Å²) < 4.78 is 5.25. The fourth-order valence-electron chi connectivity index (χ4n) is 2.35. The first kappa shape index (κ1) is 12.4. The molecule has 0 aliphatic carbocycles. The second-order valence-electron chi connectivity index (χ2n) is 4.71. The fraction of sp³-hybridized carbons (Fsp3) is 0.571. The third-order valence-electron chi connectivity index (χ3n) is 3.38. The van der Waals surface area contributed by atoms with Gasteiger partial charge in [0, 0.05) is 18.6 Å². The fourth-order valence-corrected chi connectivity index (χ4v) is 2.35. The molecular weight excluding hydrogens is 212 g/mol. The summed E-state index contributed by atoms with van der Waals surface area (Å²) in [6, 6.07) is 9.24. The number of hydrogen-bond donors (Lipinski definition) is 2. The van der Waals surface area contributed by atoms with Gasteiger partial charge in [0.15, 0.2) is 0 Å². The van der Waals surface area contributed by atoms with Gasteiger partial charge in [0.2, 0.25) is 0 Å². The van der Waals surface area contributed by atoms with Gasteiger partial charge in [0.25, 0.3) is 0 Å². The first-order valence-electron chi connectivity index (χ1n) is 6.40. The summed E-state index contributed by atoms with van der Waals surface area (Å²) >= 11 is 0. The highest BCUT2D eigenvalue weighted by Crippen LogP contribution is 2.19. The van der Waals surface area contributed by atoms with E-state index in [1.54, 1.807) is 7.11 Å². The molecule has 2 rings (SSSR count). The van der Waals surface area contributed by atoms with Crippen LogP contribution in [-0.2, 0) is 0 Å². The minimum Gasteiger partial charge on any atom is -0.497 e. The molecule has 1 unspecified atom stereocenters. The van der Waals surface area contributed by atoms with Gasteiger partial charge in [-0.1, -0.05) is 12.1 Å². The van der Waals surface area contributed by atoms with Crippen molar-refractivity contribution in [3.63, 3.8) is 0 Å². The molecular formula is C14H22N2O. The first-order chi connectivity index (χ1) is 8.29. The molecule has 0 amide bonds. The predicted molar refractivity (Wildman–Crippen MR) is 70.4 cm³/mol. The van der Waals surface area contributed by atoms with Crippen molar-refractivity contribution in [3.8, 4) is 5.75 Å². The number of benzene rings is 1. The minimum absolute atomic E-state index is 0.370. The zero-order chi connectivity index (χ0) is 12.1. The lowest BCUT2D eigenvalue weighted by Gasteiger charge is -2.27. The summed E-state index contributed by atoms with van der Waals surface area (Å²) in [6.45, 7) is 4.45. The van der Waals surface area contributed by atoms with Crippen LogP contribution >= 0.6 is 0 Å². The molecule has 0 saturated carbocycles. The van der Waals surface area contributed by atoms with Crippen molar-refractivity contribution in [1.29, 1.82) is 0 Å². The van der Waals surface area contributed by atoms with Crippen molar-refractivity contribution in [2.45, 2.75) is 31.8 Å². The quantitative estimate of drug-likeness (QED) is 0.837. The Bertz CT molecular complexity index is 348. The highest BCUT2D eigenvalue weighted by atomic mass is 16.5. The summed E-state index contributed by atoms with van der Waals surface area (Å²) in [4.78, 5) is 0. The van der Waals surface area contributed by atoms with Gasteiger partial charge in [0.1, 0.15) is 5.75 Å². The van der Waals surface area contributed by atoms with Crippen LogP contribution in [0.4, 0.5) is 0 Å². The van der Waals surface area contributed by atoms with E-state index in [0.717, 1.165) is 18.8 Å². The van der Waals surface area contributed by atoms with Crippen LogP contribution in [0, 0.1) is 0 Å². The number of hydrogen-bond acceptors (Lipinski definition) is 3. The van der Waals surface area contributed by atoms with Crippen LogP contribution in [-0.4, -0.2) is 26.2 Å². The zero-order valence-electron chi connectivity index (χ0n) is 10.7. The van der Waals surface area contributed by atoms with Gasteiger partial charge in [-0.05, 0) is 44.0 Å².